The minimum Gasteiger partial charge on any atom is -0.393 e. The van der Waals surface area contributed by atoms with E-state index in [0.717, 1.165) is 12.8 Å². The van der Waals surface area contributed by atoms with Crippen LogP contribution in [0.3, 0.4) is 0 Å². The summed E-state index contributed by atoms with van der Waals surface area (Å²) in [5.74, 6) is -1.70. The highest BCUT2D eigenvalue weighted by molar-refractivity contribution is 5.87. The summed E-state index contributed by atoms with van der Waals surface area (Å²) in [6.45, 7) is 1.52. The van der Waals surface area contributed by atoms with E-state index in [1.165, 1.54) is 77.0 Å². The summed E-state index contributed by atoms with van der Waals surface area (Å²) in [5.41, 5.74) is 0. The zero-order valence-electron chi connectivity index (χ0n) is 16.7. The number of rotatable bonds is 18. The lowest BCUT2D eigenvalue weighted by molar-refractivity contribution is -0.167. The van der Waals surface area contributed by atoms with Crippen molar-refractivity contribution in [3.05, 3.63) is 0 Å². The average molecular weight is 399 g/mol. The third-order valence-electron chi connectivity index (χ3n) is 4.64. The summed E-state index contributed by atoms with van der Waals surface area (Å²) in [7, 11) is 0. The van der Waals surface area contributed by atoms with E-state index in [-0.39, 0.29) is 29.5 Å². The Morgan fingerprint density at radius 2 is 1.11 bits per heavy atom. The maximum Gasteiger partial charge on any atom is 0.345 e. The fraction of sp³-hybridized carbons (Fsp3) is 0.905. The molecule has 2 N–H and O–H groups in total. The molecule has 0 aliphatic heterocycles. The van der Waals surface area contributed by atoms with Crippen molar-refractivity contribution in [1.82, 2.24) is 0 Å². The number of hydrogen-bond donors (Lipinski definition) is 2. The highest BCUT2D eigenvalue weighted by Gasteiger charge is 2.18. The van der Waals surface area contributed by atoms with Crippen molar-refractivity contribution >= 4 is 35.0 Å². The van der Waals surface area contributed by atoms with Crippen LogP contribution < -0.4 is 0 Å². The van der Waals surface area contributed by atoms with Crippen LogP contribution in [0, 0.1) is 0 Å². The number of carbonyl (C=O) groups excluding carboxylic acids is 2. The second-order valence-corrected chi connectivity index (χ2v) is 7.19. The van der Waals surface area contributed by atoms with Crippen molar-refractivity contribution in [2.75, 3.05) is 6.61 Å². The van der Waals surface area contributed by atoms with Gasteiger partial charge in [-0.05, 0) is 6.42 Å². The summed E-state index contributed by atoms with van der Waals surface area (Å²) >= 11 is 0. The van der Waals surface area contributed by atoms with Crippen LogP contribution >= 0.6 is 0 Å². The van der Waals surface area contributed by atoms with Crippen LogP contribution in [0.25, 0.3) is 0 Å². The van der Waals surface area contributed by atoms with Crippen molar-refractivity contribution in [3.63, 3.8) is 0 Å². The summed E-state index contributed by atoms with van der Waals surface area (Å²) in [6, 6.07) is 0. The first-order valence-electron chi connectivity index (χ1n) is 10.6. The largest absolute Gasteiger partial charge is 0.393 e. The van der Waals surface area contributed by atoms with Crippen LogP contribution in [0.1, 0.15) is 110 Å². The van der Waals surface area contributed by atoms with E-state index in [9.17, 15) is 9.59 Å². The molecule has 27 heavy (non-hydrogen) atoms. The topological polar surface area (TPSA) is 83.8 Å². The Morgan fingerprint density at radius 1 is 0.741 bits per heavy atom. The molecule has 0 rings (SSSR count). The van der Waals surface area contributed by atoms with Gasteiger partial charge in [0.25, 0.3) is 0 Å². The van der Waals surface area contributed by atoms with Gasteiger partial charge in [0, 0.05) is 6.42 Å². The first-order valence-corrected chi connectivity index (χ1v) is 10.6. The number of esters is 2. The van der Waals surface area contributed by atoms with Gasteiger partial charge in [-0.3, -0.25) is 4.79 Å². The van der Waals surface area contributed by atoms with Crippen molar-refractivity contribution in [2.45, 2.75) is 116 Å². The van der Waals surface area contributed by atoms with Crippen LogP contribution in [0.4, 0.5) is 0 Å². The Kier molecular flexibility index (Phi) is 23.8. The van der Waals surface area contributed by atoms with Gasteiger partial charge in [0.15, 0.2) is 6.10 Å². The van der Waals surface area contributed by atoms with Crippen LogP contribution in [0.15, 0.2) is 0 Å². The Labute approximate surface area is 181 Å². The summed E-state index contributed by atoms with van der Waals surface area (Å²) < 4.78 is 4.43. The molecular weight excluding hydrogens is 357 g/mol. The Balaban J connectivity index is 0. The van der Waals surface area contributed by atoms with Gasteiger partial charge >= 0.3 is 35.0 Å². The molecule has 0 aliphatic rings. The zero-order chi connectivity index (χ0) is 19.5. The SMILES string of the molecule is CCCCCCCCCCCCCCCCCC(=O)OC(=O)C(O)CO.[MgH2]. The normalized spacial score (nSPS) is 11.7. The fourth-order valence-electron chi connectivity index (χ4n) is 2.95. The molecule has 0 spiro atoms. The molecule has 0 bridgehead atoms. The van der Waals surface area contributed by atoms with Gasteiger partial charge < -0.3 is 14.9 Å². The van der Waals surface area contributed by atoms with Gasteiger partial charge in [0.05, 0.1) is 6.61 Å². The van der Waals surface area contributed by atoms with E-state index in [1.807, 2.05) is 0 Å². The molecule has 0 amide bonds. The molecule has 0 aromatic carbocycles. The molecule has 0 saturated carbocycles. The van der Waals surface area contributed by atoms with Gasteiger partial charge in [-0.2, -0.15) is 0 Å². The van der Waals surface area contributed by atoms with E-state index in [0.29, 0.717) is 6.42 Å². The number of aliphatic hydroxyl groups is 2. The third-order valence-corrected chi connectivity index (χ3v) is 4.64. The zero-order valence-corrected chi connectivity index (χ0v) is 16.7. The lowest BCUT2D eigenvalue weighted by atomic mass is 10.0. The molecule has 6 heteroatoms. The molecular formula is C21H42MgO5. The molecule has 158 valence electrons. The van der Waals surface area contributed by atoms with Crippen molar-refractivity contribution in [2.24, 2.45) is 0 Å². The Hall–Kier alpha value is -0.174. The molecule has 1 atom stereocenters. The molecule has 5 nitrogen and oxygen atoms in total. The molecule has 0 aromatic heterocycles. The third kappa shape index (κ3) is 20.4. The van der Waals surface area contributed by atoms with Gasteiger partial charge in [-0.15, -0.1) is 0 Å². The monoisotopic (exact) mass is 398 g/mol. The molecule has 0 aromatic rings. The number of ether oxygens (including phenoxy) is 1. The maximum atomic E-state index is 11.4. The molecule has 0 fully saturated rings. The van der Waals surface area contributed by atoms with Crippen molar-refractivity contribution in [1.29, 1.82) is 0 Å². The van der Waals surface area contributed by atoms with Crippen molar-refractivity contribution < 1.29 is 24.5 Å². The van der Waals surface area contributed by atoms with Gasteiger partial charge in [0.1, 0.15) is 0 Å². The van der Waals surface area contributed by atoms with Crippen LogP contribution in [-0.4, -0.2) is 57.9 Å². The van der Waals surface area contributed by atoms with Gasteiger partial charge in [-0.25, -0.2) is 4.79 Å². The average Bonchev–Trinajstić information content (AvgIpc) is 2.64. The lowest BCUT2D eigenvalue weighted by Gasteiger charge is -2.06. The second-order valence-electron chi connectivity index (χ2n) is 7.19. The van der Waals surface area contributed by atoms with Crippen molar-refractivity contribution in [3.8, 4) is 0 Å². The maximum absolute atomic E-state index is 11.4. The second kappa shape index (κ2) is 22.1. The first-order chi connectivity index (χ1) is 12.6. The number of carbonyl (C=O) groups is 2. The van der Waals surface area contributed by atoms with Crippen LogP contribution in [0.2, 0.25) is 0 Å². The fourth-order valence-corrected chi connectivity index (χ4v) is 2.95. The molecule has 0 heterocycles. The molecule has 0 aliphatic carbocycles. The summed E-state index contributed by atoms with van der Waals surface area (Å²) in [4.78, 5) is 22.5. The molecule has 0 saturated heterocycles. The van der Waals surface area contributed by atoms with E-state index >= 15 is 0 Å². The van der Waals surface area contributed by atoms with Crippen LogP contribution in [0.5, 0.6) is 0 Å². The van der Waals surface area contributed by atoms with E-state index in [1.54, 1.807) is 0 Å². The predicted octanol–water partition coefficient (Wildman–Crippen LogP) is 3.75. The summed E-state index contributed by atoms with van der Waals surface area (Å²) in [6.07, 6.45) is 17.4. The Bertz CT molecular complexity index is 349. The quantitative estimate of drug-likeness (QED) is 0.159. The van der Waals surface area contributed by atoms with Gasteiger partial charge in [-0.1, -0.05) is 96.8 Å². The highest BCUT2D eigenvalue weighted by Crippen LogP contribution is 2.13. The van der Waals surface area contributed by atoms with Crippen LogP contribution in [-0.2, 0) is 14.3 Å². The number of unbranched alkanes of at least 4 members (excludes halogenated alkanes) is 14. The number of hydrogen-bond acceptors (Lipinski definition) is 5. The molecule has 1 unspecified atom stereocenters. The van der Waals surface area contributed by atoms with E-state index in [2.05, 4.69) is 11.7 Å². The van der Waals surface area contributed by atoms with E-state index < -0.39 is 24.6 Å². The smallest absolute Gasteiger partial charge is 0.345 e. The molecule has 0 radical (unpaired) electrons. The lowest BCUT2D eigenvalue weighted by Crippen LogP contribution is -2.28. The highest BCUT2D eigenvalue weighted by atomic mass is 24.3. The predicted molar refractivity (Wildman–Crippen MR) is 112 cm³/mol. The standard InChI is InChI=1S/C21H40O5.Mg.2H/c1-2-3-4-5-6-7-8-9-10-11-12-13-14-15-16-17-20(24)26-21(25)19(23)18-22;;;/h19,22-23H,2-18H2,1H3;;;. The number of aliphatic hydroxyl groups excluding tert-OH is 2. The Morgan fingerprint density at radius 3 is 1.48 bits per heavy atom. The van der Waals surface area contributed by atoms with E-state index in [4.69, 9.17) is 10.2 Å². The van der Waals surface area contributed by atoms with Gasteiger partial charge in [0.2, 0.25) is 0 Å². The first kappa shape index (κ1) is 29.0. The minimum atomic E-state index is -1.62. The summed E-state index contributed by atoms with van der Waals surface area (Å²) in [5, 5.41) is 17.6. The minimum absolute atomic E-state index is 0.